The molecule has 0 unspecified atom stereocenters. The Morgan fingerprint density at radius 3 is 2.82 bits per heavy atom. The van der Waals surface area contributed by atoms with Crippen LogP contribution in [0.5, 0.6) is 0 Å². The Balaban J connectivity index is 2.74. The largest absolute Gasteiger partial charge is 0.268 e. The zero-order chi connectivity index (χ0) is 7.84. The van der Waals surface area contributed by atoms with Gasteiger partial charge in [-0.3, -0.25) is 4.79 Å². The maximum atomic E-state index is 11.1. The van der Waals surface area contributed by atoms with Gasteiger partial charge in [0.05, 0.1) is 0 Å². The van der Waals surface area contributed by atoms with Crippen LogP contribution in [0.3, 0.4) is 0 Å². The summed E-state index contributed by atoms with van der Waals surface area (Å²) in [5.41, 5.74) is 1.68. The first kappa shape index (κ1) is 6.85. The van der Waals surface area contributed by atoms with Gasteiger partial charge in [-0.05, 0) is 24.8 Å². The Morgan fingerprint density at radius 1 is 1.36 bits per heavy atom. The maximum absolute atomic E-state index is 11.1. The van der Waals surface area contributed by atoms with Crippen molar-refractivity contribution in [2.45, 2.75) is 19.3 Å². The summed E-state index contributed by atoms with van der Waals surface area (Å²) in [6.07, 6.45) is 2.75. The smallest absolute Gasteiger partial charge is 0.267 e. The van der Waals surface area contributed by atoms with Gasteiger partial charge < -0.3 is 0 Å². The Labute approximate surface area is 68.4 Å². The number of nitrogens with zero attached hydrogens (tertiary/aromatic N) is 1. The highest BCUT2D eigenvalue weighted by Crippen LogP contribution is 2.22. The van der Waals surface area contributed by atoms with Crippen LogP contribution in [0.1, 0.15) is 17.5 Å². The van der Waals surface area contributed by atoms with Crippen LogP contribution in [-0.2, 0) is 12.8 Å². The lowest BCUT2D eigenvalue weighted by atomic mass is 10.2. The third-order valence-corrected chi connectivity index (χ3v) is 2.31. The molecule has 3 nitrogen and oxygen atoms in total. The first-order valence-electron chi connectivity index (χ1n) is 3.55. The molecule has 0 fully saturated rings. The third-order valence-electron chi connectivity index (χ3n) is 2.00. The molecule has 1 aliphatic rings. The van der Waals surface area contributed by atoms with Crippen molar-refractivity contribution in [1.82, 2.24) is 10.2 Å². The molecule has 4 heteroatoms. The molecule has 1 N–H and O–H groups in total. The van der Waals surface area contributed by atoms with Crippen LogP contribution in [0, 0.1) is 0 Å². The minimum atomic E-state index is -0.0816. The summed E-state index contributed by atoms with van der Waals surface area (Å²) in [5.74, 6) is 0. The molecule has 1 aromatic heterocycles. The van der Waals surface area contributed by atoms with Crippen molar-refractivity contribution in [3.63, 3.8) is 0 Å². The molecule has 1 aromatic rings. The molecule has 0 aromatic carbocycles. The number of aromatic nitrogens is 2. The lowest BCUT2D eigenvalue weighted by Gasteiger charge is -1.96. The lowest BCUT2D eigenvalue weighted by Crippen LogP contribution is -2.13. The molecular weight excluding hydrogens is 164 g/mol. The van der Waals surface area contributed by atoms with Crippen molar-refractivity contribution in [2.24, 2.45) is 0 Å². The molecule has 0 radical (unpaired) electrons. The van der Waals surface area contributed by atoms with E-state index in [1.807, 2.05) is 0 Å². The fraction of sp³-hybridized carbons (Fsp3) is 0.429. The summed E-state index contributed by atoms with van der Waals surface area (Å²) >= 11 is 5.76. The van der Waals surface area contributed by atoms with Crippen LogP contribution in [0.4, 0.5) is 0 Å². The molecule has 58 valence electrons. The van der Waals surface area contributed by atoms with Crippen LogP contribution in [-0.4, -0.2) is 10.2 Å². The van der Waals surface area contributed by atoms with E-state index in [-0.39, 0.29) is 5.56 Å². The van der Waals surface area contributed by atoms with Gasteiger partial charge in [0.1, 0.15) is 0 Å². The van der Waals surface area contributed by atoms with Crippen LogP contribution in [0.15, 0.2) is 4.79 Å². The van der Waals surface area contributed by atoms with Gasteiger partial charge in [0.15, 0.2) is 5.15 Å². The van der Waals surface area contributed by atoms with Gasteiger partial charge in [0.25, 0.3) is 5.56 Å². The van der Waals surface area contributed by atoms with Gasteiger partial charge >= 0.3 is 0 Å². The standard InChI is InChI=1S/C7H7ClN2O/c8-6-4-2-1-3-5(4)7(11)10-9-6/h1-3H2,(H,10,11). The number of rotatable bonds is 0. The molecule has 2 rings (SSSR count). The molecule has 0 bridgehead atoms. The van der Waals surface area contributed by atoms with E-state index in [1.165, 1.54) is 0 Å². The zero-order valence-electron chi connectivity index (χ0n) is 5.85. The minimum absolute atomic E-state index is 0.0816. The van der Waals surface area contributed by atoms with Gasteiger partial charge in [-0.25, -0.2) is 5.10 Å². The van der Waals surface area contributed by atoms with Gasteiger partial charge in [-0.2, -0.15) is 5.10 Å². The highest BCUT2D eigenvalue weighted by atomic mass is 35.5. The van der Waals surface area contributed by atoms with E-state index < -0.39 is 0 Å². The second-order valence-corrected chi connectivity index (χ2v) is 3.01. The highest BCUT2D eigenvalue weighted by Gasteiger charge is 2.17. The van der Waals surface area contributed by atoms with E-state index in [0.717, 1.165) is 30.4 Å². The summed E-state index contributed by atoms with van der Waals surface area (Å²) in [5, 5.41) is 6.50. The Hall–Kier alpha value is -0.830. The Bertz CT molecular complexity index is 345. The number of hydrogen-bond donors (Lipinski definition) is 1. The first-order chi connectivity index (χ1) is 5.29. The molecule has 0 aliphatic heterocycles. The van der Waals surface area contributed by atoms with E-state index in [1.54, 1.807) is 0 Å². The number of fused-ring (bicyclic) bond motifs is 1. The van der Waals surface area contributed by atoms with Crippen molar-refractivity contribution in [1.29, 1.82) is 0 Å². The van der Waals surface area contributed by atoms with E-state index in [0.29, 0.717) is 5.15 Å². The first-order valence-corrected chi connectivity index (χ1v) is 3.93. The number of hydrogen-bond acceptors (Lipinski definition) is 2. The quantitative estimate of drug-likeness (QED) is 0.629. The average molecular weight is 171 g/mol. The zero-order valence-corrected chi connectivity index (χ0v) is 6.61. The van der Waals surface area contributed by atoms with Crippen molar-refractivity contribution >= 4 is 11.6 Å². The Kier molecular flexibility index (Phi) is 1.46. The normalized spacial score (nSPS) is 15.0. The summed E-state index contributed by atoms with van der Waals surface area (Å²) in [6, 6.07) is 0. The van der Waals surface area contributed by atoms with Crippen LogP contribution in [0.25, 0.3) is 0 Å². The summed E-state index contributed by atoms with van der Waals surface area (Å²) in [4.78, 5) is 11.1. The molecule has 0 saturated heterocycles. The van der Waals surface area contributed by atoms with Crippen molar-refractivity contribution in [2.75, 3.05) is 0 Å². The average Bonchev–Trinajstić information content (AvgIpc) is 2.45. The lowest BCUT2D eigenvalue weighted by molar-refractivity contribution is 0.907. The third kappa shape index (κ3) is 0.959. The second kappa shape index (κ2) is 2.34. The fourth-order valence-corrected chi connectivity index (χ4v) is 1.71. The molecule has 0 amide bonds. The van der Waals surface area contributed by atoms with Crippen molar-refractivity contribution in [3.05, 3.63) is 26.6 Å². The van der Waals surface area contributed by atoms with Crippen molar-refractivity contribution in [3.8, 4) is 0 Å². The topological polar surface area (TPSA) is 45.8 Å². The molecule has 1 aliphatic carbocycles. The Morgan fingerprint density at radius 2 is 2.09 bits per heavy atom. The van der Waals surface area contributed by atoms with E-state index in [9.17, 15) is 4.79 Å². The van der Waals surface area contributed by atoms with Gasteiger partial charge in [0, 0.05) is 5.56 Å². The van der Waals surface area contributed by atoms with Crippen LogP contribution < -0.4 is 5.56 Å². The van der Waals surface area contributed by atoms with Gasteiger partial charge in [0.2, 0.25) is 0 Å². The number of halogens is 1. The number of H-pyrrole nitrogens is 1. The molecule has 11 heavy (non-hydrogen) atoms. The predicted molar refractivity (Wildman–Crippen MR) is 41.9 cm³/mol. The molecule has 0 saturated carbocycles. The second-order valence-electron chi connectivity index (χ2n) is 2.65. The summed E-state index contributed by atoms with van der Waals surface area (Å²) in [6.45, 7) is 0. The molecule has 1 heterocycles. The number of nitrogens with one attached hydrogen (secondary N) is 1. The maximum Gasteiger partial charge on any atom is 0.267 e. The fourth-order valence-electron chi connectivity index (χ4n) is 1.46. The number of aromatic amines is 1. The summed E-state index contributed by atoms with van der Waals surface area (Å²) < 4.78 is 0. The molecular formula is C7H7ClN2O. The van der Waals surface area contributed by atoms with Gasteiger partial charge in [-0.1, -0.05) is 11.6 Å². The highest BCUT2D eigenvalue weighted by molar-refractivity contribution is 6.30. The minimum Gasteiger partial charge on any atom is -0.268 e. The predicted octanol–water partition coefficient (Wildman–Crippen LogP) is 0.912. The van der Waals surface area contributed by atoms with E-state index >= 15 is 0 Å². The van der Waals surface area contributed by atoms with E-state index in [4.69, 9.17) is 11.6 Å². The molecule has 0 atom stereocenters. The summed E-state index contributed by atoms with van der Waals surface area (Å²) in [7, 11) is 0. The molecule has 0 spiro atoms. The monoisotopic (exact) mass is 170 g/mol. The van der Waals surface area contributed by atoms with Crippen LogP contribution >= 0.6 is 11.6 Å². The van der Waals surface area contributed by atoms with Gasteiger partial charge in [-0.15, -0.1) is 0 Å². The van der Waals surface area contributed by atoms with Crippen LogP contribution in [0.2, 0.25) is 5.15 Å². The van der Waals surface area contributed by atoms with Crippen molar-refractivity contribution < 1.29 is 0 Å². The SMILES string of the molecule is O=c1[nH]nc(Cl)c2c1CCC2. The van der Waals surface area contributed by atoms with E-state index in [2.05, 4.69) is 10.2 Å².